The van der Waals surface area contributed by atoms with E-state index in [0.717, 1.165) is 40.8 Å². The summed E-state index contributed by atoms with van der Waals surface area (Å²) in [6.07, 6.45) is 2.49. The molecule has 2 heterocycles. The highest BCUT2D eigenvalue weighted by Crippen LogP contribution is 2.37. The highest BCUT2D eigenvalue weighted by molar-refractivity contribution is 9.10. The van der Waals surface area contributed by atoms with Gasteiger partial charge >= 0.3 is 6.09 Å². The number of pyridine rings is 1. The average molecular weight is 338 g/mol. The maximum absolute atomic E-state index is 12.1. The van der Waals surface area contributed by atoms with Gasteiger partial charge in [0, 0.05) is 6.04 Å². The number of ether oxygens (including phenoxy) is 1. The van der Waals surface area contributed by atoms with Crippen molar-refractivity contribution < 1.29 is 9.53 Å². The Morgan fingerprint density at radius 2 is 2.30 bits per heavy atom. The Morgan fingerprint density at radius 3 is 2.90 bits per heavy atom. The van der Waals surface area contributed by atoms with E-state index in [0.29, 0.717) is 0 Å². The molecule has 1 amide bonds. The number of nitrogens with zero attached hydrogens (tertiary/aromatic N) is 3. The predicted octanol–water partition coefficient (Wildman–Crippen LogP) is 3.39. The van der Waals surface area contributed by atoms with Gasteiger partial charge < -0.3 is 4.74 Å². The zero-order valence-electron chi connectivity index (χ0n) is 11.5. The molecule has 0 aromatic carbocycles. The molecule has 0 aliphatic heterocycles. The minimum Gasteiger partial charge on any atom is -0.452 e. The van der Waals surface area contributed by atoms with Crippen molar-refractivity contribution in [3.8, 4) is 0 Å². The van der Waals surface area contributed by atoms with Gasteiger partial charge in [0.15, 0.2) is 0 Å². The third-order valence-corrected chi connectivity index (χ3v) is 4.11. The third kappa shape index (κ3) is 2.08. The number of aryl methyl sites for hydroxylation is 1. The van der Waals surface area contributed by atoms with Gasteiger partial charge in [0.25, 0.3) is 0 Å². The fourth-order valence-corrected chi connectivity index (χ4v) is 2.85. The van der Waals surface area contributed by atoms with E-state index in [2.05, 4.69) is 21.0 Å². The van der Waals surface area contributed by atoms with Crippen molar-refractivity contribution in [3.63, 3.8) is 0 Å². The second-order valence-electron chi connectivity index (χ2n) is 4.87. The number of hydrogen-bond acceptors (Lipinski definition) is 3. The molecule has 3 rings (SSSR count). The summed E-state index contributed by atoms with van der Waals surface area (Å²) in [4.78, 5) is 13.9. The third-order valence-electron chi connectivity index (χ3n) is 3.51. The Bertz CT molecular complexity index is 664. The van der Waals surface area contributed by atoms with E-state index in [1.165, 1.54) is 7.11 Å². The molecule has 1 aliphatic carbocycles. The Kier molecular flexibility index (Phi) is 3.41. The number of halogens is 1. The molecule has 0 N–H and O–H groups in total. The predicted molar refractivity (Wildman–Crippen MR) is 80.2 cm³/mol. The molecule has 1 saturated carbocycles. The Balaban J connectivity index is 2.22. The van der Waals surface area contributed by atoms with Crippen molar-refractivity contribution in [1.29, 1.82) is 0 Å². The molecule has 2 aromatic rings. The number of amides is 1. The normalized spacial score (nSPS) is 14.6. The number of anilines is 1. The van der Waals surface area contributed by atoms with Crippen molar-refractivity contribution in [3.05, 3.63) is 28.5 Å². The lowest BCUT2D eigenvalue weighted by molar-refractivity contribution is 0.178. The summed E-state index contributed by atoms with van der Waals surface area (Å²) < 4.78 is 7.65. The lowest BCUT2D eigenvalue weighted by Gasteiger charge is -2.20. The number of carbonyl (C=O) groups is 1. The fourth-order valence-electron chi connectivity index (χ4n) is 2.43. The SMILES string of the molecule is CCc1nn2c(Br)cccc2c1N(C(=O)OC)C1CC1. The van der Waals surface area contributed by atoms with E-state index < -0.39 is 0 Å². The topological polar surface area (TPSA) is 46.8 Å². The van der Waals surface area contributed by atoms with E-state index in [1.54, 1.807) is 4.90 Å². The van der Waals surface area contributed by atoms with E-state index >= 15 is 0 Å². The summed E-state index contributed by atoms with van der Waals surface area (Å²) >= 11 is 3.50. The molecule has 6 heteroatoms. The quantitative estimate of drug-likeness (QED) is 0.806. The summed E-state index contributed by atoms with van der Waals surface area (Å²) in [7, 11) is 1.42. The first-order valence-corrected chi connectivity index (χ1v) is 7.50. The molecule has 0 spiro atoms. The van der Waals surface area contributed by atoms with Crippen LogP contribution in [0, 0.1) is 0 Å². The van der Waals surface area contributed by atoms with Crippen LogP contribution < -0.4 is 4.90 Å². The van der Waals surface area contributed by atoms with Crippen molar-refractivity contribution in [2.24, 2.45) is 0 Å². The number of hydrogen-bond donors (Lipinski definition) is 0. The van der Waals surface area contributed by atoms with Gasteiger partial charge in [-0.25, -0.2) is 9.31 Å². The van der Waals surface area contributed by atoms with E-state index in [9.17, 15) is 4.79 Å². The number of rotatable bonds is 3. The van der Waals surface area contributed by atoms with Gasteiger partial charge in [-0.05, 0) is 47.3 Å². The van der Waals surface area contributed by atoms with Crippen molar-refractivity contribution in [1.82, 2.24) is 9.61 Å². The monoisotopic (exact) mass is 337 g/mol. The number of fused-ring (bicyclic) bond motifs is 1. The summed E-state index contributed by atoms with van der Waals surface area (Å²) in [5, 5.41) is 4.60. The molecular formula is C14H16BrN3O2. The van der Waals surface area contributed by atoms with Crippen LogP contribution in [0.2, 0.25) is 0 Å². The molecule has 0 radical (unpaired) electrons. The molecule has 5 nitrogen and oxygen atoms in total. The fraction of sp³-hybridized carbons (Fsp3) is 0.429. The van der Waals surface area contributed by atoms with Gasteiger partial charge in [-0.2, -0.15) is 5.10 Å². The minimum absolute atomic E-state index is 0.236. The molecule has 1 aliphatic rings. The van der Waals surface area contributed by atoms with Crippen LogP contribution in [0.3, 0.4) is 0 Å². The lowest BCUT2D eigenvalue weighted by atomic mass is 10.2. The van der Waals surface area contributed by atoms with Gasteiger partial charge in [0.2, 0.25) is 0 Å². The summed E-state index contributed by atoms with van der Waals surface area (Å²) in [5.41, 5.74) is 2.71. The molecule has 106 valence electrons. The average Bonchev–Trinajstić information content (AvgIpc) is 3.21. The van der Waals surface area contributed by atoms with Gasteiger partial charge in [0.1, 0.15) is 4.60 Å². The van der Waals surface area contributed by atoms with Crippen LogP contribution in [-0.2, 0) is 11.2 Å². The highest BCUT2D eigenvalue weighted by Gasteiger charge is 2.37. The molecular weight excluding hydrogens is 322 g/mol. The van der Waals surface area contributed by atoms with Crippen LogP contribution in [-0.4, -0.2) is 28.9 Å². The first kappa shape index (κ1) is 13.4. The molecule has 20 heavy (non-hydrogen) atoms. The first-order chi connectivity index (χ1) is 9.67. The highest BCUT2D eigenvalue weighted by atomic mass is 79.9. The van der Waals surface area contributed by atoms with Crippen LogP contribution >= 0.6 is 15.9 Å². The standard InChI is InChI=1S/C14H16BrN3O2/c1-3-10-13(17(9-7-8-9)14(19)20-2)11-5-4-6-12(15)18(11)16-10/h4-6,9H,3,7-8H2,1-2H3. The largest absolute Gasteiger partial charge is 0.452 e. The molecule has 0 atom stereocenters. The zero-order valence-corrected chi connectivity index (χ0v) is 13.1. The Labute approximate surface area is 125 Å². The second-order valence-corrected chi connectivity index (χ2v) is 5.68. The summed E-state index contributed by atoms with van der Waals surface area (Å²) in [6, 6.07) is 6.10. The van der Waals surface area contributed by atoms with Crippen LogP contribution in [0.25, 0.3) is 5.52 Å². The van der Waals surface area contributed by atoms with Gasteiger partial charge in [-0.15, -0.1) is 0 Å². The molecule has 1 fully saturated rings. The van der Waals surface area contributed by atoms with Crippen LogP contribution in [0.1, 0.15) is 25.5 Å². The molecule has 0 bridgehead atoms. The summed E-state index contributed by atoms with van der Waals surface area (Å²) in [5.74, 6) is 0. The minimum atomic E-state index is -0.308. The second kappa shape index (κ2) is 5.09. The number of aromatic nitrogens is 2. The zero-order chi connectivity index (χ0) is 14.3. The first-order valence-electron chi connectivity index (χ1n) is 6.70. The number of methoxy groups -OCH3 is 1. The maximum atomic E-state index is 12.1. The van der Waals surface area contributed by atoms with Crippen molar-refractivity contribution in [2.45, 2.75) is 32.2 Å². The maximum Gasteiger partial charge on any atom is 0.414 e. The number of carbonyl (C=O) groups excluding carboxylic acids is 1. The smallest absolute Gasteiger partial charge is 0.414 e. The molecule has 0 saturated heterocycles. The van der Waals surface area contributed by atoms with E-state index in [-0.39, 0.29) is 12.1 Å². The summed E-state index contributed by atoms with van der Waals surface area (Å²) in [6.45, 7) is 2.04. The Morgan fingerprint density at radius 1 is 1.55 bits per heavy atom. The van der Waals surface area contributed by atoms with E-state index in [4.69, 9.17) is 4.74 Å². The van der Waals surface area contributed by atoms with E-state index in [1.807, 2.05) is 29.6 Å². The lowest BCUT2D eigenvalue weighted by Crippen LogP contribution is -2.33. The van der Waals surface area contributed by atoms with Crippen LogP contribution in [0.4, 0.5) is 10.5 Å². The van der Waals surface area contributed by atoms with Gasteiger partial charge in [0.05, 0.1) is 24.0 Å². The van der Waals surface area contributed by atoms with Crippen LogP contribution in [0.5, 0.6) is 0 Å². The van der Waals surface area contributed by atoms with Crippen molar-refractivity contribution in [2.75, 3.05) is 12.0 Å². The van der Waals surface area contributed by atoms with Crippen LogP contribution in [0.15, 0.2) is 22.8 Å². The Hall–Kier alpha value is -1.56. The molecule has 0 unspecified atom stereocenters. The van der Waals surface area contributed by atoms with Gasteiger partial charge in [-0.3, -0.25) is 4.90 Å². The molecule has 2 aromatic heterocycles. The van der Waals surface area contributed by atoms with Crippen molar-refractivity contribution >= 4 is 33.2 Å². The van der Waals surface area contributed by atoms with Gasteiger partial charge in [-0.1, -0.05) is 13.0 Å².